The Kier molecular flexibility index (Phi) is 5.32. The number of hydrogen-bond acceptors (Lipinski definition) is 4. The van der Waals surface area contributed by atoms with Crippen molar-refractivity contribution in [3.05, 3.63) is 63.2 Å². The molecule has 0 fully saturated rings. The van der Waals surface area contributed by atoms with Gasteiger partial charge in [-0.1, -0.05) is 23.7 Å². The molecule has 0 aliphatic carbocycles. The summed E-state index contributed by atoms with van der Waals surface area (Å²) in [5, 5.41) is 4.13. The molecule has 0 saturated heterocycles. The molecular formula is C18H17ClFN3OS. The van der Waals surface area contributed by atoms with E-state index in [9.17, 15) is 9.18 Å². The van der Waals surface area contributed by atoms with Crippen LogP contribution in [0.25, 0.3) is 11.3 Å². The third-order valence-corrected chi connectivity index (χ3v) is 5.52. The first-order valence-corrected chi connectivity index (χ1v) is 8.95. The maximum Gasteiger partial charge on any atom is 0.173 e. The zero-order valence-electron chi connectivity index (χ0n) is 13.6. The van der Waals surface area contributed by atoms with Crippen molar-refractivity contribution in [3.8, 4) is 11.3 Å². The van der Waals surface area contributed by atoms with E-state index in [1.165, 1.54) is 23.5 Å². The summed E-state index contributed by atoms with van der Waals surface area (Å²) < 4.78 is 15.3. The SMILES string of the molecule is Cn1nccc1-c1cc(C(=O)CC(CN)c2ccc(F)cc2)sc1Cl. The van der Waals surface area contributed by atoms with Gasteiger partial charge in [0, 0.05) is 31.1 Å². The van der Waals surface area contributed by atoms with E-state index in [4.69, 9.17) is 17.3 Å². The molecule has 3 aromatic rings. The van der Waals surface area contributed by atoms with E-state index in [2.05, 4.69) is 5.10 Å². The second-order valence-corrected chi connectivity index (χ2v) is 7.40. The normalized spacial score (nSPS) is 12.3. The topological polar surface area (TPSA) is 60.9 Å². The first-order valence-electron chi connectivity index (χ1n) is 7.76. The van der Waals surface area contributed by atoms with Crippen LogP contribution in [0.1, 0.15) is 27.6 Å². The third-order valence-electron chi connectivity index (χ3n) is 4.12. The number of nitrogens with two attached hydrogens (primary N) is 1. The summed E-state index contributed by atoms with van der Waals surface area (Å²) in [6.45, 7) is 0.311. The van der Waals surface area contributed by atoms with Crippen molar-refractivity contribution in [1.82, 2.24) is 9.78 Å². The molecule has 0 saturated carbocycles. The number of hydrogen-bond donors (Lipinski definition) is 1. The zero-order valence-corrected chi connectivity index (χ0v) is 15.1. The van der Waals surface area contributed by atoms with E-state index in [0.29, 0.717) is 15.8 Å². The lowest BCUT2D eigenvalue weighted by Gasteiger charge is -2.13. The maximum absolute atomic E-state index is 13.1. The van der Waals surface area contributed by atoms with Gasteiger partial charge in [-0.3, -0.25) is 9.48 Å². The van der Waals surface area contributed by atoms with Crippen molar-refractivity contribution in [2.24, 2.45) is 12.8 Å². The van der Waals surface area contributed by atoms with Crippen LogP contribution >= 0.6 is 22.9 Å². The van der Waals surface area contributed by atoms with Gasteiger partial charge in [0.2, 0.25) is 0 Å². The van der Waals surface area contributed by atoms with Crippen molar-refractivity contribution < 1.29 is 9.18 Å². The number of rotatable bonds is 6. The minimum Gasteiger partial charge on any atom is -0.330 e. The molecule has 7 heteroatoms. The van der Waals surface area contributed by atoms with E-state index in [1.807, 2.05) is 13.1 Å². The Bertz CT molecular complexity index is 888. The second-order valence-electron chi connectivity index (χ2n) is 5.75. The highest BCUT2D eigenvalue weighted by Gasteiger charge is 2.20. The molecule has 0 radical (unpaired) electrons. The highest BCUT2D eigenvalue weighted by Crippen LogP contribution is 2.36. The minimum absolute atomic E-state index is 0.0277. The molecule has 130 valence electrons. The molecule has 2 aromatic heterocycles. The molecular weight excluding hydrogens is 361 g/mol. The largest absolute Gasteiger partial charge is 0.330 e. The Labute approximate surface area is 154 Å². The number of aryl methyl sites for hydroxylation is 1. The van der Waals surface area contributed by atoms with Gasteiger partial charge in [-0.25, -0.2) is 4.39 Å². The lowest BCUT2D eigenvalue weighted by atomic mass is 9.93. The standard InChI is InChI=1S/C18H17ClFN3OS/c1-23-15(6-7-22-23)14-9-17(25-18(14)19)16(24)8-12(10-21)11-2-4-13(20)5-3-11/h2-7,9,12H,8,10,21H2,1H3. The van der Waals surface area contributed by atoms with Crippen LogP contribution in [-0.2, 0) is 7.05 Å². The van der Waals surface area contributed by atoms with Crippen molar-refractivity contribution in [2.75, 3.05) is 6.54 Å². The highest BCUT2D eigenvalue weighted by molar-refractivity contribution is 7.18. The van der Waals surface area contributed by atoms with Gasteiger partial charge >= 0.3 is 0 Å². The van der Waals surface area contributed by atoms with Crippen molar-refractivity contribution >= 4 is 28.7 Å². The van der Waals surface area contributed by atoms with Crippen LogP contribution in [0.15, 0.2) is 42.6 Å². The van der Waals surface area contributed by atoms with Crippen LogP contribution in [0.4, 0.5) is 4.39 Å². The summed E-state index contributed by atoms with van der Waals surface area (Å²) in [6, 6.07) is 9.75. The fraction of sp³-hybridized carbons (Fsp3) is 0.222. The lowest BCUT2D eigenvalue weighted by Crippen LogP contribution is -2.16. The Hall–Kier alpha value is -2.02. The fourth-order valence-electron chi connectivity index (χ4n) is 2.72. The third kappa shape index (κ3) is 3.81. The molecule has 0 aliphatic heterocycles. The van der Waals surface area contributed by atoms with Crippen LogP contribution in [0.2, 0.25) is 4.34 Å². The van der Waals surface area contributed by atoms with Crippen molar-refractivity contribution in [2.45, 2.75) is 12.3 Å². The quantitative estimate of drug-likeness (QED) is 0.653. The summed E-state index contributed by atoms with van der Waals surface area (Å²) in [5.41, 5.74) is 8.32. The second kappa shape index (κ2) is 7.47. The smallest absolute Gasteiger partial charge is 0.173 e. The van der Waals surface area contributed by atoms with Gasteiger partial charge in [0.1, 0.15) is 10.2 Å². The molecule has 25 heavy (non-hydrogen) atoms. The molecule has 0 amide bonds. The molecule has 3 rings (SSSR count). The maximum atomic E-state index is 13.1. The van der Waals surface area contributed by atoms with Gasteiger partial charge in [-0.15, -0.1) is 11.3 Å². The van der Waals surface area contributed by atoms with Crippen LogP contribution in [-0.4, -0.2) is 22.1 Å². The molecule has 1 aromatic carbocycles. The van der Waals surface area contributed by atoms with Gasteiger partial charge in [0.25, 0.3) is 0 Å². The number of Topliss-reactive ketones (excluding diaryl/α,β-unsaturated/α-hetero) is 1. The molecule has 1 atom stereocenters. The Morgan fingerprint density at radius 3 is 2.68 bits per heavy atom. The van der Waals surface area contributed by atoms with Crippen molar-refractivity contribution in [3.63, 3.8) is 0 Å². The molecule has 1 unspecified atom stereocenters. The molecule has 4 nitrogen and oxygen atoms in total. The predicted octanol–water partition coefficient (Wildman–Crippen LogP) is 4.26. The first kappa shape index (κ1) is 17.8. The molecule has 0 spiro atoms. The number of carbonyl (C=O) groups excluding carboxylic acids is 1. The highest BCUT2D eigenvalue weighted by atomic mass is 35.5. The monoisotopic (exact) mass is 377 g/mol. The number of carbonyl (C=O) groups is 1. The molecule has 2 N–H and O–H groups in total. The summed E-state index contributed by atoms with van der Waals surface area (Å²) >= 11 is 7.57. The molecule has 2 heterocycles. The van der Waals surface area contributed by atoms with E-state index in [1.54, 1.807) is 29.1 Å². The summed E-state index contributed by atoms with van der Waals surface area (Å²) in [5.74, 6) is -0.495. The van der Waals surface area contributed by atoms with Crippen LogP contribution in [0, 0.1) is 5.82 Å². The summed E-state index contributed by atoms with van der Waals surface area (Å²) in [4.78, 5) is 13.3. The first-order chi connectivity index (χ1) is 12.0. The van der Waals surface area contributed by atoms with Crippen LogP contribution < -0.4 is 5.73 Å². The van der Waals surface area contributed by atoms with Gasteiger partial charge in [-0.05, 0) is 36.4 Å². The number of aromatic nitrogens is 2. The average Bonchev–Trinajstić information content (AvgIpc) is 3.18. The zero-order chi connectivity index (χ0) is 18.0. The van der Waals surface area contributed by atoms with Crippen molar-refractivity contribution in [1.29, 1.82) is 0 Å². The number of thiophene rings is 1. The van der Waals surface area contributed by atoms with E-state index < -0.39 is 0 Å². The average molecular weight is 378 g/mol. The lowest BCUT2D eigenvalue weighted by molar-refractivity contribution is 0.0978. The van der Waals surface area contributed by atoms with E-state index in [-0.39, 0.29) is 23.9 Å². The number of ketones is 1. The van der Waals surface area contributed by atoms with E-state index >= 15 is 0 Å². The van der Waals surface area contributed by atoms with Crippen LogP contribution in [0.3, 0.4) is 0 Å². The summed E-state index contributed by atoms with van der Waals surface area (Å²) in [7, 11) is 1.82. The van der Waals surface area contributed by atoms with Gasteiger partial charge in [0.05, 0.1) is 10.6 Å². The number of benzene rings is 1. The van der Waals surface area contributed by atoms with Gasteiger partial charge in [-0.2, -0.15) is 5.10 Å². The predicted molar refractivity (Wildman–Crippen MR) is 98.7 cm³/mol. The fourth-order valence-corrected chi connectivity index (χ4v) is 3.96. The number of halogens is 2. The Balaban J connectivity index is 1.81. The van der Waals surface area contributed by atoms with Crippen LogP contribution in [0.5, 0.6) is 0 Å². The molecule has 0 aliphatic rings. The van der Waals surface area contributed by atoms with E-state index in [0.717, 1.165) is 16.8 Å². The van der Waals surface area contributed by atoms with Gasteiger partial charge < -0.3 is 5.73 Å². The Morgan fingerprint density at radius 2 is 2.08 bits per heavy atom. The summed E-state index contributed by atoms with van der Waals surface area (Å²) in [6.07, 6.45) is 1.94. The van der Waals surface area contributed by atoms with Gasteiger partial charge in [0.15, 0.2) is 5.78 Å². The Morgan fingerprint density at radius 1 is 1.36 bits per heavy atom. The minimum atomic E-state index is -0.309. The number of nitrogens with zero attached hydrogens (tertiary/aromatic N) is 2. The molecule has 0 bridgehead atoms.